The minimum absolute atomic E-state index is 0.105. The summed E-state index contributed by atoms with van der Waals surface area (Å²) in [6, 6.07) is -0.550. The number of thiophene rings is 1. The van der Waals surface area contributed by atoms with Gasteiger partial charge >= 0.3 is 12.0 Å². The molecular formula is C14H22N2O4S. The van der Waals surface area contributed by atoms with Gasteiger partial charge in [0.05, 0.1) is 16.7 Å². The summed E-state index contributed by atoms with van der Waals surface area (Å²) in [5.74, 6) is -1.08. The van der Waals surface area contributed by atoms with Crippen LogP contribution in [-0.2, 0) is 0 Å². The number of carbonyl (C=O) groups excluding carboxylic acids is 1. The first-order valence-electron chi connectivity index (χ1n) is 6.51. The minimum Gasteiger partial charge on any atom is -0.478 e. The molecule has 7 heteroatoms. The third-order valence-corrected chi connectivity index (χ3v) is 4.90. The number of urea groups is 1. The van der Waals surface area contributed by atoms with Crippen molar-refractivity contribution in [2.45, 2.75) is 52.7 Å². The molecule has 0 aromatic carbocycles. The van der Waals surface area contributed by atoms with E-state index in [0.717, 1.165) is 4.88 Å². The number of carboxylic acids is 1. The normalized spacial score (nSPS) is 12.1. The van der Waals surface area contributed by atoms with Crippen molar-refractivity contribution in [3.05, 3.63) is 16.0 Å². The maximum atomic E-state index is 12.1. The smallest absolute Gasteiger partial charge is 0.338 e. The summed E-state index contributed by atoms with van der Waals surface area (Å²) >= 11 is 1.22. The van der Waals surface area contributed by atoms with Crippen molar-refractivity contribution in [3.8, 4) is 0 Å². The van der Waals surface area contributed by atoms with E-state index in [-0.39, 0.29) is 5.56 Å². The van der Waals surface area contributed by atoms with Crippen LogP contribution in [0.5, 0.6) is 0 Å². The van der Waals surface area contributed by atoms with Crippen molar-refractivity contribution in [1.82, 2.24) is 5.32 Å². The number of nitrogens with one attached hydrogen (secondary N) is 2. The lowest BCUT2D eigenvalue weighted by Gasteiger charge is -2.37. The molecule has 0 aliphatic heterocycles. The fourth-order valence-electron chi connectivity index (χ4n) is 1.54. The first-order valence-corrected chi connectivity index (χ1v) is 7.33. The maximum absolute atomic E-state index is 12.1. The number of aromatic carboxylic acids is 1. The van der Waals surface area contributed by atoms with Gasteiger partial charge in [0.15, 0.2) is 0 Å². The van der Waals surface area contributed by atoms with E-state index >= 15 is 0 Å². The zero-order chi connectivity index (χ0) is 16.6. The third kappa shape index (κ3) is 3.74. The van der Waals surface area contributed by atoms with Gasteiger partial charge in [-0.25, -0.2) is 9.59 Å². The highest BCUT2D eigenvalue weighted by atomic mass is 32.1. The van der Waals surface area contributed by atoms with Crippen LogP contribution in [0.4, 0.5) is 9.80 Å². The minimum atomic E-state index is -1.12. The topological polar surface area (TPSA) is 98.7 Å². The highest BCUT2D eigenvalue weighted by molar-refractivity contribution is 7.16. The number of hydrogen-bond acceptors (Lipinski definition) is 4. The summed E-state index contributed by atoms with van der Waals surface area (Å²) in [6.07, 6.45) is 0. The van der Waals surface area contributed by atoms with Gasteiger partial charge in [-0.2, -0.15) is 0 Å². The van der Waals surface area contributed by atoms with Crippen molar-refractivity contribution in [3.63, 3.8) is 0 Å². The average Bonchev–Trinajstić information content (AvgIpc) is 2.51. The molecule has 0 bridgehead atoms. The van der Waals surface area contributed by atoms with Crippen LogP contribution in [-0.4, -0.2) is 33.4 Å². The van der Waals surface area contributed by atoms with E-state index in [1.807, 2.05) is 0 Å². The molecule has 118 valence electrons. The van der Waals surface area contributed by atoms with Gasteiger partial charge < -0.3 is 15.5 Å². The van der Waals surface area contributed by atoms with E-state index in [1.54, 1.807) is 41.5 Å². The van der Waals surface area contributed by atoms with E-state index in [2.05, 4.69) is 10.6 Å². The van der Waals surface area contributed by atoms with Gasteiger partial charge in [-0.15, -0.1) is 11.3 Å². The summed E-state index contributed by atoms with van der Waals surface area (Å²) in [4.78, 5) is 24.2. The van der Waals surface area contributed by atoms with Crippen LogP contribution in [0, 0.1) is 13.8 Å². The maximum Gasteiger partial charge on any atom is 0.338 e. The molecule has 0 unspecified atom stereocenters. The molecule has 0 aliphatic carbocycles. The molecule has 1 aromatic heterocycles. The predicted octanol–water partition coefficient (Wildman–Crippen LogP) is 2.73. The molecule has 0 spiro atoms. The van der Waals surface area contributed by atoms with Crippen LogP contribution in [0.2, 0.25) is 0 Å². The molecular weight excluding hydrogens is 292 g/mol. The first-order chi connectivity index (χ1) is 9.36. The molecule has 1 rings (SSSR count). The number of aliphatic hydroxyl groups is 1. The molecule has 0 atom stereocenters. The fraction of sp³-hybridized carbons (Fsp3) is 0.571. The zero-order valence-electron chi connectivity index (χ0n) is 13.1. The number of carboxylic acid groups (broad SMARTS) is 1. The van der Waals surface area contributed by atoms with Crippen LogP contribution < -0.4 is 10.6 Å². The molecule has 0 fully saturated rings. The molecule has 0 radical (unpaired) electrons. The fourth-order valence-corrected chi connectivity index (χ4v) is 2.59. The lowest BCUT2D eigenvalue weighted by Crippen LogP contribution is -2.58. The quantitative estimate of drug-likeness (QED) is 0.686. The third-order valence-electron chi connectivity index (χ3n) is 3.78. The summed E-state index contributed by atoms with van der Waals surface area (Å²) in [6.45, 7) is 10.1. The van der Waals surface area contributed by atoms with E-state index in [1.165, 1.54) is 11.3 Å². The monoisotopic (exact) mass is 314 g/mol. The summed E-state index contributed by atoms with van der Waals surface area (Å²) < 4.78 is 0. The van der Waals surface area contributed by atoms with Crippen LogP contribution in [0.3, 0.4) is 0 Å². The summed E-state index contributed by atoms with van der Waals surface area (Å²) in [5, 5.41) is 24.8. The van der Waals surface area contributed by atoms with Gasteiger partial charge in [0.2, 0.25) is 0 Å². The van der Waals surface area contributed by atoms with Crippen LogP contribution >= 0.6 is 11.3 Å². The Bertz CT molecular complexity index is 570. The lowest BCUT2D eigenvalue weighted by molar-refractivity contribution is 0.00184. The van der Waals surface area contributed by atoms with Gasteiger partial charge in [-0.1, -0.05) is 0 Å². The van der Waals surface area contributed by atoms with Crippen molar-refractivity contribution in [2.75, 3.05) is 5.32 Å². The Labute approximate surface area is 128 Å². The Hall–Kier alpha value is -1.60. The summed E-state index contributed by atoms with van der Waals surface area (Å²) in [5.41, 5.74) is -1.25. The Kier molecular flexibility index (Phi) is 4.70. The second-order valence-electron chi connectivity index (χ2n) is 6.06. The second kappa shape index (κ2) is 5.65. The van der Waals surface area contributed by atoms with Crippen molar-refractivity contribution < 1.29 is 19.8 Å². The van der Waals surface area contributed by atoms with E-state index in [0.29, 0.717) is 10.6 Å². The van der Waals surface area contributed by atoms with Crippen molar-refractivity contribution >= 4 is 28.3 Å². The van der Waals surface area contributed by atoms with E-state index in [9.17, 15) is 19.8 Å². The van der Waals surface area contributed by atoms with Gasteiger partial charge in [0.25, 0.3) is 0 Å². The number of rotatable bonds is 4. The van der Waals surface area contributed by atoms with E-state index < -0.39 is 23.1 Å². The highest BCUT2D eigenvalue weighted by Crippen LogP contribution is 2.32. The van der Waals surface area contributed by atoms with Crippen molar-refractivity contribution in [1.29, 1.82) is 0 Å². The van der Waals surface area contributed by atoms with Gasteiger partial charge in [0.1, 0.15) is 5.00 Å². The van der Waals surface area contributed by atoms with Gasteiger partial charge in [-0.3, -0.25) is 5.32 Å². The van der Waals surface area contributed by atoms with Crippen LogP contribution in [0.15, 0.2) is 0 Å². The molecule has 4 N–H and O–H groups in total. The lowest BCUT2D eigenvalue weighted by atomic mass is 9.86. The van der Waals surface area contributed by atoms with Crippen LogP contribution in [0.1, 0.15) is 48.5 Å². The molecule has 1 heterocycles. The van der Waals surface area contributed by atoms with Crippen molar-refractivity contribution in [2.24, 2.45) is 0 Å². The molecule has 21 heavy (non-hydrogen) atoms. The number of hydrogen-bond donors (Lipinski definition) is 4. The first kappa shape index (κ1) is 17.5. The number of carbonyl (C=O) groups is 2. The Balaban J connectivity index is 2.96. The number of anilines is 1. The molecule has 6 nitrogen and oxygen atoms in total. The largest absolute Gasteiger partial charge is 0.478 e. The number of amides is 2. The average molecular weight is 314 g/mol. The molecule has 2 amide bonds. The molecule has 0 aliphatic rings. The summed E-state index contributed by atoms with van der Waals surface area (Å²) in [7, 11) is 0. The molecule has 0 saturated carbocycles. The highest BCUT2D eigenvalue weighted by Gasteiger charge is 2.36. The Morgan fingerprint density at radius 1 is 1.14 bits per heavy atom. The Morgan fingerprint density at radius 2 is 1.67 bits per heavy atom. The Morgan fingerprint density at radius 3 is 2.10 bits per heavy atom. The second-order valence-corrected chi connectivity index (χ2v) is 7.28. The SMILES string of the molecule is Cc1sc(NC(=O)NC(C)(C)C(C)(C)O)c(C(=O)O)c1C. The van der Waals surface area contributed by atoms with E-state index in [4.69, 9.17) is 0 Å². The number of aryl methyl sites for hydroxylation is 1. The molecule has 1 aromatic rings. The zero-order valence-corrected chi connectivity index (χ0v) is 13.9. The van der Waals surface area contributed by atoms with Gasteiger partial charge in [-0.05, 0) is 47.1 Å². The standard InChI is InChI=1S/C14H22N2O4S/c1-7-8(2)21-10(9(7)11(17)18)15-12(19)16-13(3,4)14(5,6)20/h20H,1-6H3,(H,17,18)(H2,15,16,19). The molecule has 0 saturated heterocycles. The van der Waals surface area contributed by atoms with Crippen LogP contribution in [0.25, 0.3) is 0 Å². The van der Waals surface area contributed by atoms with Gasteiger partial charge in [0, 0.05) is 4.88 Å². The predicted molar refractivity (Wildman–Crippen MR) is 83.3 cm³/mol.